The molecule has 58 valence electrons. The van der Waals surface area contributed by atoms with Crippen molar-refractivity contribution < 1.29 is 9.90 Å². The number of carbonyl (C=O) groups is 1. The van der Waals surface area contributed by atoms with Gasteiger partial charge in [-0.25, -0.2) is 0 Å². The van der Waals surface area contributed by atoms with Gasteiger partial charge in [-0.05, 0) is 0 Å². The van der Waals surface area contributed by atoms with Crippen molar-refractivity contribution in [2.24, 2.45) is 0 Å². The molecule has 0 aliphatic heterocycles. The molecule has 4 heteroatoms. The van der Waals surface area contributed by atoms with Gasteiger partial charge in [-0.1, -0.05) is 0 Å². The number of benzene rings is 1. The maximum absolute atomic E-state index is 10.5. The first-order valence-electron chi connectivity index (χ1n) is 2.99. The molecule has 0 saturated carbocycles. The van der Waals surface area contributed by atoms with E-state index >= 15 is 0 Å². The summed E-state index contributed by atoms with van der Waals surface area (Å²) in [5.74, 6) is -0.851. The van der Waals surface area contributed by atoms with Gasteiger partial charge in [-0.2, -0.15) is 0 Å². The summed E-state index contributed by atoms with van der Waals surface area (Å²) in [6, 6.07) is 5.22. The summed E-state index contributed by atoms with van der Waals surface area (Å²) >= 11 is 3.00. The van der Waals surface area contributed by atoms with Gasteiger partial charge in [0.25, 0.3) is 0 Å². The van der Waals surface area contributed by atoms with Crippen molar-refractivity contribution in [3.8, 4) is 0 Å². The molecule has 0 spiro atoms. The molecule has 2 atom stereocenters. The fourth-order valence-electron chi connectivity index (χ4n) is 0.708. The van der Waals surface area contributed by atoms with Gasteiger partial charge in [0, 0.05) is 0 Å². The molecule has 2 unspecified atom stereocenters. The normalized spacial score (nSPS) is 9.64. The zero-order valence-corrected chi connectivity index (χ0v) is 10.6. The third kappa shape index (κ3) is 2.12. The first kappa shape index (κ1) is 8.90. The molecule has 2 nitrogen and oxygen atoms in total. The van der Waals surface area contributed by atoms with E-state index in [2.05, 4.69) is 0 Å². The molecule has 0 fully saturated rings. The molecule has 0 heterocycles. The monoisotopic (exact) mass is 274 g/mol. The predicted octanol–water partition coefficient (Wildman–Crippen LogP) is -2.10. The molecule has 0 aromatic heterocycles. The average Bonchev–Trinajstić information content (AvgIpc) is 1.94. The summed E-state index contributed by atoms with van der Waals surface area (Å²) in [5, 5.41) is 8.61. The van der Waals surface area contributed by atoms with Crippen molar-refractivity contribution >= 4 is 48.4 Å². The van der Waals surface area contributed by atoms with E-state index in [0.717, 1.165) is 4.35 Å². The fraction of sp³-hybridized carbons (Fsp3) is 0. The van der Waals surface area contributed by atoms with Gasteiger partial charge in [-0.3, -0.25) is 0 Å². The minimum absolute atomic E-state index is 0.380. The van der Waals surface area contributed by atoms with Crippen LogP contribution in [0.3, 0.4) is 0 Å². The minimum atomic E-state index is -0.851. The summed E-state index contributed by atoms with van der Waals surface area (Å²) in [7, 11) is 0. The Kier molecular flexibility index (Phi) is 2.81. The molecule has 0 radical (unpaired) electrons. The maximum atomic E-state index is 10.5. The van der Waals surface area contributed by atoms with Gasteiger partial charge in [0.1, 0.15) is 0 Å². The molecule has 11 heavy (non-hydrogen) atoms. The first-order chi connectivity index (χ1) is 5.11. The molecule has 0 saturated heterocycles. The molecule has 1 rings (SSSR count). The van der Waals surface area contributed by atoms with Gasteiger partial charge in [0.15, 0.2) is 0 Å². The van der Waals surface area contributed by atoms with Crippen molar-refractivity contribution in [2.75, 3.05) is 0 Å². The first-order valence-corrected chi connectivity index (χ1v) is 5.42. The Morgan fingerprint density at radius 3 is 2.36 bits per heavy atom. The van der Waals surface area contributed by atoms with Crippen LogP contribution in [-0.2, 0) is 0 Å². The Labute approximate surface area is 82.0 Å². The van der Waals surface area contributed by atoms with E-state index in [1.54, 1.807) is 12.1 Å². The number of hydrogen-bond acceptors (Lipinski definition) is 1. The van der Waals surface area contributed by atoms with E-state index in [-0.39, 0.29) is 0 Å². The van der Waals surface area contributed by atoms with Crippen LogP contribution in [0.15, 0.2) is 18.2 Å². The zero-order valence-electron chi connectivity index (χ0n) is 5.74. The van der Waals surface area contributed by atoms with Crippen LogP contribution in [0.4, 0.5) is 0 Å². The van der Waals surface area contributed by atoms with E-state index in [1.807, 2.05) is 6.07 Å². The summed E-state index contributed by atoms with van der Waals surface area (Å²) in [4.78, 5) is 10.5. The molecule has 1 aromatic rings. The summed E-state index contributed by atoms with van der Waals surface area (Å²) in [6.07, 6.45) is 0. The van der Waals surface area contributed by atoms with Crippen LogP contribution in [0, 0.1) is 0 Å². The van der Waals surface area contributed by atoms with Crippen LogP contribution in [0.5, 0.6) is 0 Å². The van der Waals surface area contributed by atoms with Crippen LogP contribution in [-0.4, -0.2) is 44.8 Å². The second kappa shape index (κ2) is 3.47. The van der Waals surface area contributed by atoms with Gasteiger partial charge < -0.3 is 0 Å². The van der Waals surface area contributed by atoms with Crippen molar-refractivity contribution in [2.45, 2.75) is 0 Å². The topological polar surface area (TPSA) is 37.3 Å². The van der Waals surface area contributed by atoms with E-state index in [0.29, 0.717) is 5.56 Å². The number of rotatable bonds is 1. The predicted molar refractivity (Wildman–Crippen MR) is 49.8 cm³/mol. The Bertz CT molecular complexity index is 296. The number of aromatic carboxylic acids is 1. The quantitative estimate of drug-likeness (QED) is 0.596. The molecule has 0 aliphatic rings. The number of carboxylic acids is 1. The van der Waals surface area contributed by atoms with E-state index in [9.17, 15) is 4.79 Å². The van der Waals surface area contributed by atoms with Crippen LogP contribution in [0.1, 0.15) is 10.4 Å². The molecular formula is C7H8As2O2. The van der Waals surface area contributed by atoms with E-state index in [4.69, 9.17) is 5.11 Å². The fourth-order valence-corrected chi connectivity index (χ4v) is 1.66. The average molecular weight is 274 g/mol. The van der Waals surface area contributed by atoms with E-state index < -0.39 is 5.97 Å². The SMILES string of the molecule is O=C(O)c1ccc([AsH2])c([AsH2])c1. The molecule has 1 N–H and O–H groups in total. The third-order valence-electron chi connectivity index (χ3n) is 1.33. The van der Waals surface area contributed by atoms with Crippen LogP contribution < -0.4 is 8.70 Å². The Balaban J connectivity index is 3.15. The van der Waals surface area contributed by atoms with Gasteiger partial charge in [0.2, 0.25) is 0 Å². The van der Waals surface area contributed by atoms with Crippen molar-refractivity contribution in [1.82, 2.24) is 0 Å². The Morgan fingerprint density at radius 1 is 1.27 bits per heavy atom. The van der Waals surface area contributed by atoms with Crippen LogP contribution in [0.25, 0.3) is 0 Å². The van der Waals surface area contributed by atoms with Crippen molar-refractivity contribution in [1.29, 1.82) is 0 Å². The zero-order chi connectivity index (χ0) is 8.43. The van der Waals surface area contributed by atoms with Crippen molar-refractivity contribution in [3.63, 3.8) is 0 Å². The standard InChI is InChI=1S/C7H8As2O2/c8-5-2-1-4(7(10)11)3-6(5)9/h1-3H,8-9H2,(H,10,11). The molecule has 0 bridgehead atoms. The van der Waals surface area contributed by atoms with Crippen molar-refractivity contribution in [3.05, 3.63) is 23.8 Å². The van der Waals surface area contributed by atoms with Gasteiger partial charge >= 0.3 is 82.0 Å². The molecule has 0 aliphatic carbocycles. The van der Waals surface area contributed by atoms with Crippen LogP contribution >= 0.6 is 0 Å². The second-order valence-electron chi connectivity index (χ2n) is 2.15. The second-order valence-corrected chi connectivity index (χ2v) is 4.76. The molecular weight excluding hydrogens is 266 g/mol. The van der Waals surface area contributed by atoms with E-state index in [1.165, 1.54) is 38.1 Å². The summed E-state index contributed by atoms with van der Waals surface area (Å²) in [5.41, 5.74) is 0.380. The number of hydrogen-bond donors (Lipinski definition) is 1. The molecule has 0 amide bonds. The summed E-state index contributed by atoms with van der Waals surface area (Å²) < 4.78 is 2.32. The Morgan fingerprint density at radius 2 is 1.91 bits per heavy atom. The summed E-state index contributed by atoms with van der Waals surface area (Å²) in [6.45, 7) is 0. The third-order valence-corrected chi connectivity index (χ3v) is 4.95. The Hall–Kier alpha value is -0.193. The number of carboxylic acid groups (broad SMARTS) is 1. The van der Waals surface area contributed by atoms with Gasteiger partial charge in [0.05, 0.1) is 0 Å². The van der Waals surface area contributed by atoms with Gasteiger partial charge in [-0.15, -0.1) is 0 Å². The molecule has 1 aromatic carbocycles. The van der Waals surface area contributed by atoms with Crippen LogP contribution in [0.2, 0.25) is 0 Å².